The van der Waals surface area contributed by atoms with Crippen LogP contribution in [0.4, 0.5) is 22.9 Å². The normalized spacial score (nSPS) is 13.4. The van der Waals surface area contributed by atoms with E-state index in [9.17, 15) is 0 Å². The van der Waals surface area contributed by atoms with E-state index >= 15 is 0 Å². The molecule has 7 rings (SSSR count). The fraction of sp³-hybridized carbons (Fsp3) is 0.0938. The fourth-order valence-corrected chi connectivity index (χ4v) is 5.46. The molecule has 4 nitrogen and oxygen atoms in total. The Kier molecular flexibility index (Phi) is 4.78. The smallest absolute Gasteiger partial charge is 0.157 e. The number of rotatable bonds is 3. The molecule has 0 N–H and O–H groups in total. The monoisotopic (exact) mass is 466 g/mol. The van der Waals surface area contributed by atoms with Gasteiger partial charge in [-0.3, -0.25) is 0 Å². The van der Waals surface area contributed by atoms with E-state index in [1.165, 1.54) is 33.1 Å². The van der Waals surface area contributed by atoms with Crippen LogP contribution >= 0.6 is 0 Å². The van der Waals surface area contributed by atoms with Gasteiger partial charge in [0.15, 0.2) is 5.82 Å². The van der Waals surface area contributed by atoms with Crippen molar-refractivity contribution in [3.8, 4) is 5.69 Å². The topological polar surface area (TPSA) is 24.3 Å². The third-order valence-electron chi connectivity index (χ3n) is 7.21. The summed E-state index contributed by atoms with van der Waals surface area (Å²) in [6.45, 7) is 3.89. The first-order valence-corrected chi connectivity index (χ1v) is 12.4. The van der Waals surface area contributed by atoms with E-state index in [2.05, 4.69) is 124 Å². The second-order valence-electron chi connectivity index (χ2n) is 9.37. The van der Waals surface area contributed by atoms with Crippen molar-refractivity contribution in [2.75, 3.05) is 22.9 Å². The van der Waals surface area contributed by atoms with Crippen molar-refractivity contribution in [2.24, 2.45) is 0 Å². The van der Waals surface area contributed by atoms with Crippen LogP contribution in [0, 0.1) is 6.92 Å². The van der Waals surface area contributed by atoms with Crippen molar-refractivity contribution in [3.63, 3.8) is 0 Å². The summed E-state index contributed by atoms with van der Waals surface area (Å²) in [6.07, 6.45) is 1.89. The van der Waals surface area contributed by atoms with Crippen molar-refractivity contribution < 1.29 is 0 Å². The number of hydrogen-bond donors (Lipinski definition) is 0. The van der Waals surface area contributed by atoms with Gasteiger partial charge in [-0.05, 0) is 67.6 Å². The van der Waals surface area contributed by atoms with Crippen LogP contribution in [0.25, 0.3) is 27.5 Å². The average molecular weight is 467 g/mol. The van der Waals surface area contributed by atoms with Crippen LogP contribution in [-0.2, 0) is 0 Å². The molecule has 36 heavy (non-hydrogen) atoms. The molecule has 0 bridgehead atoms. The SMILES string of the molecule is Cc1ccc(N2CCN(c3ccc(-n4c5ccccc5c5ccccc54)cc3)c3ncccc32)cc1. The number of hydrogen-bond acceptors (Lipinski definition) is 3. The number of anilines is 4. The summed E-state index contributed by atoms with van der Waals surface area (Å²) >= 11 is 0. The van der Waals surface area contributed by atoms with Gasteiger partial charge in [0.05, 0.1) is 16.7 Å². The average Bonchev–Trinajstić information content (AvgIpc) is 3.28. The number of aryl methyl sites for hydroxylation is 1. The molecule has 1 aliphatic heterocycles. The van der Waals surface area contributed by atoms with E-state index in [4.69, 9.17) is 4.98 Å². The zero-order valence-corrected chi connectivity index (χ0v) is 20.2. The lowest BCUT2D eigenvalue weighted by atomic mass is 10.1. The Bertz CT molecular complexity index is 1640. The van der Waals surface area contributed by atoms with Gasteiger partial charge in [0.25, 0.3) is 0 Å². The number of nitrogens with zero attached hydrogens (tertiary/aromatic N) is 4. The molecule has 0 saturated carbocycles. The number of aromatic nitrogens is 2. The van der Waals surface area contributed by atoms with Gasteiger partial charge >= 0.3 is 0 Å². The van der Waals surface area contributed by atoms with E-state index in [1.807, 2.05) is 12.3 Å². The van der Waals surface area contributed by atoms with E-state index in [1.54, 1.807) is 0 Å². The molecule has 174 valence electrons. The molecule has 0 atom stereocenters. The molecule has 0 unspecified atom stereocenters. The first-order valence-electron chi connectivity index (χ1n) is 12.4. The minimum atomic E-state index is 0.868. The molecule has 0 amide bonds. The number of para-hydroxylation sites is 2. The molecule has 2 aromatic heterocycles. The van der Waals surface area contributed by atoms with Gasteiger partial charge in [-0.2, -0.15) is 0 Å². The summed E-state index contributed by atoms with van der Waals surface area (Å²) in [5, 5.41) is 2.56. The largest absolute Gasteiger partial charge is 0.337 e. The minimum Gasteiger partial charge on any atom is -0.337 e. The standard InChI is InChI=1S/C32H26N4/c1-23-12-14-24(15-13-23)34-21-22-35(32-31(34)11-6-20-33-32)25-16-18-26(19-17-25)36-29-9-4-2-7-27(29)28-8-3-5-10-30(28)36/h2-20H,21-22H2,1H3. The molecule has 3 heterocycles. The van der Waals surface area contributed by atoms with Crippen LogP contribution in [0.3, 0.4) is 0 Å². The maximum atomic E-state index is 4.80. The lowest BCUT2D eigenvalue weighted by molar-refractivity contribution is 0.833. The number of pyridine rings is 1. The van der Waals surface area contributed by atoms with Crippen LogP contribution in [0.1, 0.15) is 5.56 Å². The predicted molar refractivity (Wildman–Crippen MR) is 150 cm³/mol. The van der Waals surface area contributed by atoms with Gasteiger partial charge in [0.1, 0.15) is 0 Å². The minimum absolute atomic E-state index is 0.868. The summed E-state index contributed by atoms with van der Waals surface area (Å²) in [6, 6.07) is 39.1. The molecule has 0 aliphatic carbocycles. The number of fused-ring (bicyclic) bond motifs is 4. The summed E-state index contributed by atoms with van der Waals surface area (Å²) in [5.74, 6) is 0.994. The van der Waals surface area contributed by atoms with Crippen LogP contribution in [0.5, 0.6) is 0 Å². The molecule has 0 saturated heterocycles. The van der Waals surface area contributed by atoms with Gasteiger partial charge in [-0.1, -0.05) is 54.1 Å². The molecular weight excluding hydrogens is 440 g/mol. The molecule has 0 spiro atoms. The van der Waals surface area contributed by atoms with Gasteiger partial charge in [-0.25, -0.2) is 4.98 Å². The van der Waals surface area contributed by atoms with Crippen LogP contribution in [-0.4, -0.2) is 22.6 Å². The van der Waals surface area contributed by atoms with Gasteiger partial charge in [0.2, 0.25) is 0 Å². The van der Waals surface area contributed by atoms with E-state index in [0.717, 1.165) is 36.0 Å². The molecule has 4 heteroatoms. The molecule has 1 aliphatic rings. The van der Waals surface area contributed by atoms with Crippen LogP contribution < -0.4 is 9.80 Å². The Morgan fingerprint density at radius 2 is 1.11 bits per heavy atom. The van der Waals surface area contributed by atoms with Crippen molar-refractivity contribution in [2.45, 2.75) is 6.92 Å². The Hall–Kier alpha value is -4.57. The Balaban J connectivity index is 1.28. The molecule has 6 aromatic rings. The molecule has 4 aromatic carbocycles. The summed E-state index contributed by atoms with van der Waals surface area (Å²) in [4.78, 5) is 9.50. The van der Waals surface area contributed by atoms with Gasteiger partial charge in [0, 0.05) is 47.1 Å². The van der Waals surface area contributed by atoms with Crippen molar-refractivity contribution in [1.29, 1.82) is 0 Å². The van der Waals surface area contributed by atoms with Crippen molar-refractivity contribution in [3.05, 3.63) is 121 Å². The highest BCUT2D eigenvalue weighted by Gasteiger charge is 2.25. The highest BCUT2D eigenvalue weighted by atomic mass is 15.3. The maximum Gasteiger partial charge on any atom is 0.157 e. The second kappa shape index (κ2) is 8.28. The number of benzene rings is 4. The van der Waals surface area contributed by atoms with E-state index in [0.29, 0.717) is 0 Å². The first-order chi connectivity index (χ1) is 17.8. The summed E-state index contributed by atoms with van der Waals surface area (Å²) in [5.41, 5.74) is 8.39. The highest BCUT2D eigenvalue weighted by molar-refractivity contribution is 6.09. The Labute approximate surface area is 210 Å². The maximum absolute atomic E-state index is 4.80. The van der Waals surface area contributed by atoms with Crippen molar-refractivity contribution >= 4 is 44.7 Å². The third kappa shape index (κ3) is 3.26. The van der Waals surface area contributed by atoms with E-state index in [-0.39, 0.29) is 0 Å². The zero-order valence-electron chi connectivity index (χ0n) is 20.2. The quantitative estimate of drug-likeness (QED) is 0.266. The fourth-order valence-electron chi connectivity index (χ4n) is 5.46. The highest BCUT2D eigenvalue weighted by Crippen LogP contribution is 2.40. The van der Waals surface area contributed by atoms with Gasteiger partial charge < -0.3 is 14.4 Å². The lowest BCUT2D eigenvalue weighted by Crippen LogP contribution is -2.36. The Morgan fingerprint density at radius 3 is 1.81 bits per heavy atom. The van der Waals surface area contributed by atoms with Gasteiger partial charge in [-0.15, -0.1) is 0 Å². The predicted octanol–water partition coefficient (Wildman–Crippen LogP) is 7.78. The second-order valence-corrected chi connectivity index (χ2v) is 9.37. The third-order valence-corrected chi connectivity index (χ3v) is 7.21. The Morgan fingerprint density at radius 1 is 0.556 bits per heavy atom. The summed E-state index contributed by atoms with van der Waals surface area (Å²) in [7, 11) is 0. The van der Waals surface area contributed by atoms with Crippen LogP contribution in [0.15, 0.2) is 115 Å². The molecule has 0 radical (unpaired) electrons. The zero-order chi connectivity index (χ0) is 24.1. The first kappa shape index (κ1) is 20.8. The molecular formula is C32H26N4. The van der Waals surface area contributed by atoms with E-state index < -0.39 is 0 Å². The van der Waals surface area contributed by atoms with Crippen molar-refractivity contribution in [1.82, 2.24) is 9.55 Å². The molecule has 0 fully saturated rings. The lowest BCUT2D eigenvalue weighted by Gasteiger charge is -2.38. The summed E-state index contributed by atoms with van der Waals surface area (Å²) < 4.78 is 2.36. The van der Waals surface area contributed by atoms with Crippen LogP contribution in [0.2, 0.25) is 0 Å².